The number of hydrogen-bond donors (Lipinski definition) is 0. The predicted molar refractivity (Wildman–Crippen MR) is 120 cm³/mol. The lowest BCUT2D eigenvalue weighted by atomic mass is 9.97. The quantitative estimate of drug-likeness (QED) is 0.227. The molecule has 1 aromatic heterocycles. The Morgan fingerprint density at radius 3 is 2.45 bits per heavy atom. The van der Waals surface area contributed by atoms with Crippen LogP contribution in [0, 0.1) is 26.7 Å². The first-order valence-corrected chi connectivity index (χ1v) is 10.3. The predicted octanol–water partition coefficient (Wildman–Crippen LogP) is 5.10. The van der Waals surface area contributed by atoms with Crippen molar-refractivity contribution in [3.8, 4) is 11.3 Å². The fourth-order valence-corrected chi connectivity index (χ4v) is 3.40. The lowest BCUT2D eigenvalue weighted by molar-refractivity contribution is -0.139. The number of hydrogen-bond acceptors (Lipinski definition) is 7. The van der Waals surface area contributed by atoms with E-state index in [1.54, 1.807) is 19.4 Å². The Hall–Kier alpha value is -2.93. The van der Waals surface area contributed by atoms with Crippen LogP contribution in [0.4, 0.5) is 0 Å². The zero-order chi connectivity index (χ0) is 23.0. The summed E-state index contributed by atoms with van der Waals surface area (Å²) in [5.41, 5.74) is 5.38. The Balaban J connectivity index is 2.00. The van der Waals surface area contributed by atoms with Crippen LogP contribution in [0.25, 0.3) is 11.3 Å². The lowest BCUT2D eigenvalue weighted by Crippen LogP contribution is -2.20. The van der Waals surface area contributed by atoms with Gasteiger partial charge >= 0.3 is 5.97 Å². The van der Waals surface area contributed by atoms with E-state index in [0.29, 0.717) is 5.76 Å². The zero-order valence-electron chi connectivity index (χ0n) is 19.3. The van der Waals surface area contributed by atoms with Crippen molar-refractivity contribution in [1.29, 1.82) is 0 Å². The highest BCUT2D eigenvalue weighted by molar-refractivity contribution is 5.71. The first-order valence-electron chi connectivity index (χ1n) is 10.3. The Kier molecular flexibility index (Phi) is 9.00. The summed E-state index contributed by atoms with van der Waals surface area (Å²) in [6.45, 7) is 10.0. The smallest absolute Gasteiger partial charge is 0.309 e. The van der Waals surface area contributed by atoms with E-state index in [2.05, 4.69) is 48.0 Å². The Morgan fingerprint density at radius 1 is 1.16 bits per heavy atom. The summed E-state index contributed by atoms with van der Waals surface area (Å²) in [6.07, 6.45) is 4.74. The molecule has 0 bridgehead atoms. The Labute approximate surface area is 184 Å². The van der Waals surface area contributed by atoms with Crippen LogP contribution in [-0.4, -0.2) is 37.7 Å². The maximum atomic E-state index is 11.2. The summed E-state index contributed by atoms with van der Waals surface area (Å²) < 4.78 is 15.6. The second-order valence-electron chi connectivity index (χ2n) is 7.66. The normalized spacial score (nSPS) is 14.7. The van der Waals surface area contributed by atoms with Gasteiger partial charge < -0.3 is 18.8 Å². The van der Waals surface area contributed by atoms with Crippen LogP contribution in [0.1, 0.15) is 48.8 Å². The second-order valence-corrected chi connectivity index (χ2v) is 7.66. The number of ether oxygens (including phenoxy) is 2. The van der Waals surface area contributed by atoms with E-state index in [0.717, 1.165) is 22.4 Å². The molecular weight excluding hydrogens is 396 g/mol. The summed E-state index contributed by atoms with van der Waals surface area (Å²) >= 11 is 0. The molecule has 2 rings (SSSR count). The van der Waals surface area contributed by atoms with Crippen LogP contribution < -0.4 is 0 Å². The van der Waals surface area contributed by atoms with E-state index in [1.807, 2.05) is 26.0 Å². The molecule has 3 atom stereocenters. The molecule has 0 aliphatic rings. The molecule has 2 aromatic rings. The number of esters is 1. The molecular formula is C24H32N2O5. The number of aryl methyl sites for hydroxylation is 3. The van der Waals surface area contributed by atoms with Gasteiger partial charge in [0.25, 0.3) is 0 Å². The lowest BCUT2D eigenvalue weighted by Gasteiger charge is -2.15. The Morgan fingerprint density at radius 2 is 1.84 bits per heavy atom. The van der Waals surface area contributed by atoms with Crippen molar-refractivity contribution < 1.29 is 23.6 Å². The molecule has 0 radical (unpaired) electrons. The summed E-state index contributed by atoms with van der Waals surface area (Å²) in [4.78, 5) is 16.8. The fourth-order valence-electron chi connectivity index (χ4n) is 3.40. The third kappa shape index (κ3) is 6.79. The van der Waals surface area contributed by atoms with Gasteiger partial charge in [-0.05, 0) is 38.8 Å². The molecule has 7 heteroatoms. The molecule has 0 saturated heterocycles. The van der Waals surface area contributed by atoms with Crippen LogP contribution in [0.15, 0.2) is 40.0 Å². The summed E-state index contributed by atoms with van der Waals surface area (Å²) in [5.74, 6) is 0.305. The number of methoxy groups -OCH3 is 2. The molecule has 0 unspecified atom stereocenters. The monoisotopic (exact) mass is 428 g/mol. The summed E-state index contributed by atoms with van der Waals surface area (Å²) in [7, 11) is 2.96. The van der Waals surface area contributed by atoms with Crippen LogP contribution >= 0.6 is 0 Å². The largest absolute Gasteiger partial charge is 0.469 e. The van der Waals surface area contributed by atoms with Gasteiger partial charge in [0, 0.05) is 24.7 Å². The van der Waals surface area contributed by atoms with E-state index in [9.17, 15) is 4.79 Å². The highest BCUT2D eigenvalue weighted by atomic mass is 16.6. The van der Waals surface area contributed by atoms with Crippen molar-refractivity contribution in [2.45, 2.75) is 53.2 Å². The van der Waals surface area contributed by atoms with E-state index in [1.165, 1.54) is 12.7 Å². The minimum atomic E-state index is -0.411. The summed E-state index contributed by atoms with van der Waals surface area (Å²) in [5, 5.41) is 8.29. The number of nitrogens with zero attached hydrogens (tertiary/aromatic N) is 2. The van der Waals surface area contributed by atoms with Gasteiger partial charge in [-0.3, -0.25) is 4.79 Å². The number of carbonyl (C=O) groups is 1. The van der Waals surface area contributed by atoms with Gasteiger partial charge in [-0.25, -0.2) is 0 Å². The number of aromatic nitrogens is 1. The summed E-state index contributed by atoms with van der Waals surface area (Å²) in [6, 6.07) is 6.15. The molecule has 0 spiro atoms. The number of rotatable bonds is 10. The number of carbonyl (C=O) groups excluding carboxylic acids is 1. The molecule has 0 saturated carbocycles. The number of oxime groups is 1. The van der Waals surface area contributed by atoms with Gasteiger partial charge in [0.15, 0.2) is 11.9 Å². The third-order valence-corrected chi connectivity index (χ3v) is 5.03. The van der Waals surface area contributed by atoms with Crippen molar-refractivity contribution in [2.24, 2.45) is 11.1 Å². The number of benzene rings is 1. The van der Waals surface area contributed by atoms with E-state index < -0.39 is 6.10 Å². The van der Waals surface area contributed by atoms with Gasteiger partial charge in [-0.2, -0.15) is 0 Å². The highest BCUT2D eigenvalue weighted by Gasteiger charge is 2.18. The molecule has 1 heterocycles. The van der Waals surface area contributed by atoms with Crippen LogP contribution in [0.3, 0.4) is 0 Å². The minimum absolute atomic E-state index is 0.00156. The average molecular weight is 429 g/mol. The molecule has 168 valence electrons. The van der Waals surface area contributed by atoms with Gasteiger partial charge in [0.05, 0.1) is 19.7 Å². The molecule has 0 aliphatic carbocycles. The highest BCUT2D eigenvalue weighted by Crippen LogP contribution is 2.30. The fraction of sp³-hybridized carbons (Fsp3) is 0.458. The molecule has 0 fully saturated rings. The van der Waals surface area contributed by atoms with Gasteiger partial charge in [-0.15, -0.1) is 0 Å². The SMILES string of the molecule is COC(=O)C/C=C/[C@@H](C)[C@@H](/C=N\O[C@@H](C)c1cc(-c2c(C)cc(C)cc2C)no1)OC. The van der Waals surface area contributed by atoms with Gasteiger partial charge in [0.2, 0.25) is 0 Å². The van der Waals surface area contributed by atoms with Crippen molar-refractivity contribution in [3.05, 3.63) is 52.8 Å². The first-order chi connectivity index (χ1) is 14.8. The maximum Gasteiger partial charge on any atom is 0.309 e. The molecule has 1 aromatic carbocycles. The molecule has 0 aliphatic heterocycles. The zero-order valence-corrected chi connectivity index (χ0v) is 19.3. The van der Waals surface area contributed by atoms with Crippen molar-refractivity contribution in [2.75, 3.05) is 14.2 Å². The minimum Gasteiger partial charge on any atom is -0.469 e. The van der Waals surface area contributed by atoms with Crippen molar-refractivity contribution in [1.82, 2.24) is 5.16 Å². The van der Waals surface area contributed by atoms with Crippen LogP contribution in [0.5, 0.6) is 0 Å². The topological polar surface area (TPSA) is 83.2 Å². The third-order valence-electron chi connectivity index (χ3n) is 5.03. The van der Waals surface area contributed by atoms with Crippen molar-refractivity contribution >= 4 is 12.2 Å². The Bertz CT molecular complexity index is 909. The maximum absolute atomic E-state index is 11.2. The van der Waals surface area contributed by atoms with Gasteiger partial charge in [-0.1, -0.05) is 47.1 Å². The van der Waals surface area contributed by atoms with Gasteiger partial charge in [0.1, 0.15) is 11.8 Å². The average Bonchev–Trinajstić information content (AvgIpc) is 3.19. The van der Waals surface area contributed by atoms with E-state index in [-0.39, 0.29) is 24.4 Å². The first kappa shape index (κ1) is 24.3. The molecule has 0 N–H and O–H groups in total. The second kappa shape index (κ2) is 11.5. The van der Waals surface area contributed by atoms with E-state index >= 15 is 0 Å². The molecule has 0 amide bonds. The van der Waals surface area contributed by atoms with Crippen molar-refractivity contribution in [3.63, 3.8) is 0 Å². The standard InChI is InChI=1S/C24H32N2O5/c1-15-11-17(3)24(18(4)12-15)20-13-21(31-26-20)19(5)30-25-14-22(28-6)16(2)9-8-10-23(27)29-7/h8-9,11-14,16,19,22H,10H2,1-7H3/b9-8+,25-14-/t16-,19+,22-/m1/s1. The van der Waals surface area contributed by atoms with Crippen LogP contribution in [-0.2, 0) is 19.1 Å². The molecule has 7 nitrogen and oxygen atoms in total. The molecule has 31 heavy (non-hydrogen) atoms. The van der Waals surface area contributed by atoms with E-state index in [4.69, 9.17) is 14.1 Å². The van der Waals surface area contributed by atoms with Crippen LogP contribution in [0.2, 0.25) is 0 Å².